The van der Waals surface area contributed by atoms with Crippen molar-refractivity contribution in [3.63, 3.8) is 0 Å². The summed E-state index contributed by atoms with van der Waals surface area (Å²) in [7, 11) is 0. The van der Waals surface area contributed by atoms with Crippen LogP contribution in [0.4, 0.5) is 0 Å². The van der Waals surface area contributed by atoms with E-state index in [1.807, 2.05) is 12.3 Å². The van der Waals surface area contributed by atoms with Crippen LogP contribution in [0.2, 0.25) is 0 Å². The van der Waals surface area contributed by atoms with Gasteiger partial charge in [0.15, 0.2) is 5.76 Å². The van der Waals surface area contributed by atoms with Crippen LogP contribution in [0, 0.1) is 11.3 Å². The predicted octanol–water partition coefficient (Wildman–Crippen LogP) is 1.40. The molecule has 0 spiro atoms. The lowest BCUT2D eigenvalue weighted by Crippen LogP contribution is -1.98. The number of hydrogen-bond acceptors (Lipinski definition) is 3. The van der Waals surface area contributed by atoms with Crippen molar-refractivity contribution in [3.05, 3.63) is 42.0 Å². The molecule has 0 saturated carbocycles. The molecule has 0 N–H and O–H groups in total. The zero-order valence-electron chi connectivity index (χ0n) is 6.84. The van der Waals surface area contributed by atoms with Crippen LogP contribution in [0.3, 0.4) is 0 Å². The lowest BCUT2D eigenvalue weighted by molar-refractivity contribution is 0.376. The molecule has 0 radical (unpaired) electrons. The van der Waals surface area contributed by atoms with Crippen LogP contribution >= 0.6 is 0 Å². The molecule has 2 aromatic rings. The fourth-order valence-electron chi connectivity index (χ4n) is 1.15. The van der Waals surface area contributed by atoms with E-state index in [1.165, 1.54) is 0 Å². The summed E-state index contributed by atoms with van der Waals surface area (Å²) in [6, 6.07) is 7.46. The van der Waals surface area contributed by atoms with E-state index in [9.17, 15) is 0 Å². The summed E-state index contributed by atoms with van der Waals surface area (Å²) in [6.07, 6.45) is 3.42. The largest absolute Gasteiger partial charge is 0.359 e. The minimum absolute atomic E-state index is 0.551. The molecule has 2 rings (SSSR count). The third-order valence-corrected chi connectivity index (χ3v) is 1.76. The molecule has 0 bridgehead atoms. The first kappa shape index (κ1) is 7.62. The Morgan fingerprint density at radius 2 is 2.46 bits per heavy atom. The number of hydrogen-bond donors (Lipinski definition) is 0. The van der Waals surface area contributed by atoms with Crippen molar-refractivity contribution in [3.8, 4) is 6.07 Å². The maximum atomic E-state index is 8.72. The van der Waals surface area contributed by atoms with Gasteiger partial charge in [0.1, 0.15) is 11.8 Å². The second-order valence-corrected chi connectivity index (χ2v) is 2.61. The van der Waals surface area contributed by atoms with Crippen LogP contribution in [-0.4, -0.2) is 9.72 Å². The van der Waals surface area contributed by atoms with Gasteiger partial charge >= 0.3 is 0 Å². The fourth-order valence-corrected chi connectivity index (χ4v) is 1.15. The molecule has 0 fully saturated rings. The lowest BCUT2D eigenvalue weighted by atomic mass is 10.4. The van der Waals surface area contributed by atoms with E-state index in [1.54, 1.807) is 22.9 Å². The smallest absolute Gasteiger partial charge is 0.156 e. The molecule has 2 aromatic heterocycles. The van der Waals surface area contributed by atoms with Gasteiger partial charge in [-0.25, -0.2) is 0 Å². The molecule has 0 amide bonds. The second-order valence-electron chi connectivity index (χ2n) is 2.61. The Hall–Kier alpha value is -2.02. The fraction of sp³-hybridized carbons (Fsp3) is 0.111. The summed E-state index contributed by atoms with van der Waals surface area (Å²) >= 11 is 0. The van der Waals surface area contributed by atoms with Crippen molar-refractivity contribution in [2.45, 2.75) is 6.54 Å². The topological polar surface area (TPSA) is 54.8 Å². The average molecular weight is 173 g/mol. The van der Waals surface area contributed by atoms with Gasteiger partial charge in [-0.1, -0.05) is 5.16 Å². The van der Waals surface area contributed by atoms with Gasteiger partial charge in [-0.15, -0.1) is 0 Å². The van der Waals surface area contributed by atoms with Crippen molar-refractivity contribution in [2.24, 2.45) is 0 Å². The van der Waals surface area contributed by atoms with Crippen LogP contribution in [0.25, 0.3) is 0 Å². The number of nitrogens with zero attached hydrogens (tertiary/aromatic N) is 3. The Morgan fingerprint density at radius 1 is 1.54 bits per heavy atom. The van der Waals surface area contributed by atoms with E-state index in [0.29, 0.717) is 12.2 Å². The van der Waals surface area contributed by atoms with Crippen LogP contribution < -0.4 is 0 Å². The Balaban J connectivity index is 2.24. The molecular formula is C9H7N3O. The van der Waals surface area contributed by atoms with Gasteiger partial charge < -0.3 is 9.09 Å². The number of rotatable bonds is 2. The Bertz CT molecular complexity index is 422. The van der Waals surface area contributed by atoms with Crippen LogP contribution in [0.5, 0.6) is 0 Å². The van der Waals surface area contributed by atoms with E-state index in [2.05, 4.69) is 11.2 Å². The maximum Gasteiger partial charge on any atom is 0.156 e. The predicted molar refractivity (Wildman–Crippen MR) is 44.8 cm³/mol. The molecule has 13 heavy (non-hydrogen) atoms. The molecule has 4 heteroatoms. The third-order valence-electron chi connectivity index (χ3n) is 1.76. The van der Waals surface area contributed by atoms with Gasteiger partial charge in [0.05, 0.1) is 12.7 Å². The van der Waals surface area contributed by atoms with Crippen molar-refractivity contribution in [2.75, 3.05) is 0 Å². The summed E-state index contributed by atoms with van der Waals surface area (Å²) < 4.78 is 6.73. The first-order chi connectivity index (χ1) is 6.40. The van der Waals surface area contributed by atoms with Gasteiger partial charge in [-0.05, 0) is 12.1 Å². The molecule has 0 aliphatic heterocycles. The molecule has 64 valence electrons. The van der Waals surface area contributed by atoms with Gasteiger partial charge in [0.25, 0.3) is 0 Å². The monoisotopic (exact) mass is 173 g/mol. The zero-order chi connectivity index (χ0) is 9.10. The molecule has 0 atom stereocenters. The molecule has 4 nitrogen and oxygen atoms in total. The Kier molecular flexibility index (Phi) is 1.85. The van der Waals surface area contributed by atoms with Crippen molar-refractivity contribution in [1.82, 2.24) is 9.72 Å². The summed E-state index contributed by atoms with van der Waals surface area (Å²) in [6.45, 7) is 0.551. The standard InChI is InChI=1S/C9H7N3O/c10-6-8-2-1-5-12(8)7-9-3-4-11-13-9/h1-5H,7H2. The van der Waals surface area contributed by atoms with Crippen molar-refractivity contribution in [1.29, 1.82) is 5.26 Å². The molecule has 0 unspecified atom stereocenters. The van der Waals surface area contributed by atoms with Crippen molar-refractivity contribution < 1.29 is 4.52 Å². The molecule has 0 aliphatic rings. The van der Waals surface area contributed by atoms with Crippen molar-refractivity contribution >= 4 is 0 Å². The quantitative estimate of drug-likeness (QED) is 0.689. The van der Waals surface area contributed by atoms with Gasteiger partial charge in [0, 0.05) is 12.3 Å². The van der Waals surface area contributed by atoms with Crippen LogP contribution in [0.1, 0.15) is 11.5 Å². The van der Waals surface area contributed by atoms with E-state index in [4.69, 9.17) is 9.78 Å². The normalized spacial score (nSPS) is 9.77. The Labute approximate surface area is 75.0 Å². The van der Waals surface area contributed by atoms with E-state index in [-0.39, 0.29) is 0 Å². The summed E-state index contributed by atoms with van der Waals surface area (Å²) in [5.74, 6) is 0.743. The van der Waals surface area contributed by atoms with E-state index in [0.717, 1.165) is 5.76 Å². The molecular weight excluding hydrogens is 166 g/mol. The van der Waals surface area contributed by atoms with E-state index >= 15 is 0 Å². The zero-order valence-corrected chi connectivity index (χ0v) is 6.84. The molecule has 0 saturated heterocycles. The van der Waals surface area contributed by atoms with Gasteiger partial charge in [0.2, 0.25) is 0 Å². The minimum atomic E-state index is 0.551. The van der Waals surface area contributed by atoms with Gasteiger partial charge in [-0.3, -0.25) is 0 Å². The lowest BCUT2D eigenvalue weighted by Gasteiger charge is -1.99. The highest BCUT2D eigenvalue weighted by molar-refractivity contribution is 5.22. The first-order valence-electron chi connectivity index (χ1n) is 3.85. The highest BCUT2D eigenvalue weighted by Gasteiger charge is 2.02. The maximum absolute atomic E-state index is 8.72. The molecule has 0 aromatic carbocycles. The second kappa shape index (κ2) is 3.15. The summed E-state index contributed by atoms with van der Waals surface area (Å²) in [4.78, 5) is 0. The number of aromatic nitrogens is 2. The van der Waals surface area contributed by atoms with Crippen LogP contribution in [-0.2, 0) is 6.54 Å². The average Bonchev–Trinajstić information content (AvgIpc) is 2.76. The number of nitriles is 1. The Morgan fingerprint density at radius 3 is 3.15 bits per heavy atom. The van der Waals surface area contributed by atoms with Gasteiger partial charge in [-0.2, -0.15) is 5.26 Å². The minimum Gasteiger partial charge on any atom is -0.359 e. The van der Waals surface area contributed by atoms with E-state index < -0.39 is 0 Å². The molecule has 0 aliphatic carbocycles. The highest BCUT2D eigenvalue weighted by atomic mass is 16.5. The highest BCUT2D eigenvalue weighted by Crippen LogP contribution is 2.05. The summed E-state index contributed by atoms with van der Waals surface area (Å²) in [5.41, 5.74) is 0.622. The van der Waals surface area contributed by atoms with Crippen LogP contribution in [0.15, 0.2) is 35.1 Å². The first-order valence-corrected chi connectivity index (χ1v) is 3.85. The SMILES string of the molecule is N#Cc1cccn1Cc1ccno1. The molecule has 2 heterocycles. The third kappa shape index (κ3) is 1.44. The summed E-state index contributed by atoms with van der Waals surface area (Å²) in [5, 5.41) is 12.3.